The zero-order valence-electron chi connectivity index (χ0n) is 9.92. The number of hydrogen-bond donors (Lipinski definition) is 3. The molecule has 18 heavy (non-hydrogen) atoms. The predicted molar refractivity (Wildman–Crippen MR) is 72.2 cm³/mol. The highest BCUT2D eigenvalue weighted by molar-refractivity contribution is 9.10. The molecule has 1 aromatic rings. The number of nitrogens with one attached hydrogen (secondary N) is 3. The van der Waals surface area contributed by atoms with E-state index in [2.05, 4.69) is 31.9 Å². The van der Waals surface area contributed by atoms with Crippen LogP contribution in [0.1, 0.15) is 18.5 Å². The van der Waals surface area contributed by atoms with Crippen molar-refractivity contribution in [3.63, 3.8) is 0 Å². The molecule has 0 bridgehead atoms. The van der Waals surface area contributed by atoms with Gasteiger partial charge in [0.15, 0.2) is 0 Å². The molecule has 1 aromatic carbocycles. The molecule has 0 aliphatic carbocycles. The number of benzene rings is 1. The monoisotopic (exact) mass is 311 g/mol. The van der Waals surface area contributed by atoms with Crippen molar-refractivity contribution in [2.24, 2.45) is 0 Å². The van der Waals surface area contributed by atoms with Crippen LogP contribution in [0.15, 0.2) is 22.7 Å². The Kier molecular flexibility index (Phi) is 3.98. The van der Waals surface area contributed by atoms with E-state index in [-0.39, 0.29) is 17.9 Å². The van der Waals surface area contributed by atoms with Crippen LogP contribution in [0, 0.1) is 0 Å². The second-order valence-corrected chi connectivity index (χ2v) is 5.01. The first-order valence-corrected chi connectivity index (χ1v) is 6.45. The summed E-state index contributed by atoms with van der Waals surface area (Å²) in [5, 5.41) is 8.61. The van der Waals surface area contributed by atoms with Crippen LogP contribution in [0.4, 0.5) is 5.69 Å². The number of carbonyl (C=O) groups excluding carboxylic acids is 2. The van der Waals surface area contributed by atoms with Crippen molar-refractivity contribution in [2.45, 2.75) is 13.0 Å². The number of carbonyl (C=O) groups is 2. The van der Waals surface area contributed by atoms with Crippen molar-refractivity contribution in [2.75, 3.05) is 18.4 Å². The van der Waals surface area contributed by atoms with Crippen LogP contribution in [0.3, 0.4) is 0 Å². The zero-order chi connectivity index (χ0) is 13.1. The topological polar surface area (TPSA) is 70.2 Å². The lowest BCUT2D eigenvalue weighted by Crippen LogP contribution is -2.34. The van der Waals surface area contributed by atoms with Crippen LogP contribution in [-0.2, 0) is 9.59 Å². The van der Waals surface area contributed by atoms with Gasteiger partial charge in [-0.25, -0.2) is 0 Å². The van der Waals surface area contributed by atoms with Crippen LogP contribution < -0.4 is 16.0 Å². The molecule has 0 saturated carbocycles. The van der Waals surface area contributed by atoms with Gasteiger partial charge in [-0.1, -0.05) is 15.9 Å². The molecule has 5 nitrogen and oxygen atoms in total. The van der Waals surface area contributed by atoms with Gasteiger partial charge in [-0.2, -0.15) is 0 Å². The van der Waals surface area contributed by atoms with E-state index in [0.717, 1.165) is 15.7 Å². The molecule has 1 atom stereocenters. The van der Waals surface area contributed by atoms with Crippen molar-refractivity contribution >= 4 is 33.4 Å². The molecule has 0 fully saturated rings. The Labute approximate surface area is 113 Å². The Bertz CT molecular complexity index is 490. The average Bonchev–Trinajstić information content (AvgIpc) is 2.60. The van der Waals surface area contributed by atoms with Crippen molar-refractivity contribution < 1.29 is 9.59 Å². The lowest BCUT2D eigenvalue weighted by Gasteiger charge is -2.11. The zero-order valence-corrected chi connectivity index (χ0v) is 11.5. The van der Waals surface area contributed by atoms with E-state index in [1.54, 1.807) is 0 Å². The fourth-order valence-electron chi connectivity index (χ4n) is 1.89. The molecule has 6 heteroatoms. The van der Waals surface area contributed by atoms with Crippen molar-refractivity contribution in [1.29, 1.82) is 0 Å². The second-order valence-electron chi connectivity index (χ2n) is 4.09. The van der Waals surface area contributed by atoms with Crippen LogP contribution in [0.2, 0.25) is 0 Å². The molecule has 1 heterocycles. The smallest absolute Gasteiger partial charge is 0.246 e. The van der Waals surface area contributed by atoms with Gasteiger partial charge in [0.05, 0.1) is 0 Å². The Morgan fingerprint density at radius 1 is 1.44 bits per heavy atom. The van der Waals surface area contributed by atoms with Gasteiger partial charge in [0.25, 0.3) is 0 Å². The molecule has 3 N–H and O–H groups in total. The molecular formula is C12H14BrN3O2. The van der Waals surface area contributed by atoms with Crippen LogP contribution >= 0.6 is 15.9 Å². The molecule has 0 radical (unpaired) electrons. The van der Waals surface area contributed by atoms with Gasteiger partial charge in [-0.05, 0) is 18.2 Å². The number of hydrogen-bond acceptors (Lipinski definition) is 3. The van der Waals surface area contributed by atoms with E-state index < -0.39 is 0 Å². The molecule has 96 valence electrons. The Balaban J connectivity index is 1.99. The minimum Gasteiger partial charge on any atom is -0.355 e. The van der Waals surface area contributed by atoms with Gasteiger partial charge < -0.3 is 16.0 Å². The number of amides is 2. The lowest BCUT2D eigenvalue weighted by molar-refractivity contribution is -0.118. The maximum atomic E-state index is 11.8. The highest BCUT2D eigenvalue weighted by Crippen LogP contribution is 2.32. The molecular weight excluding hydrogens is 298 g/mol. The van der Waals surface area contributed by atoms with Crippen LogP contribution in [-0.4, -0.2) is 24.9 Å². The van der Waals surface area contributed by atoms with Crippen molar-refractivity contribution in [3.8, 4) is 0 Å². The maximum absolute atomic E-state index is 11.8. The maximum Gasteiger partial charge on any atom is 0.246 e. The molecule has 1 unspecified atom stereocenters. The van der Waals surface area contributed by atoms with E-state index in [0.29, 0.717) is 13.1 Å². The normalized spacial score (nSPS) is 17.2. The summed E-state index contributed by atoms with van der Waals surface area (Å²) < 4.78 is 0.936. The summed E-state index contributed by atoms with van der Waals surface area (Å²) in [6.45, 7) is 2.51. The van der Waals surface area contributed by atoms with Gasteiger partial charge in [-0.15, -0.1) is 0 Å². The molecule has 0 saturated heterocycles. The minimum absolute atomic E-state index is 0.0640. The first-order valence-electron chi connectivity index (χ1n) is 5.66. The summed E-state index contributed by atoms with van der Waals surface area (Å²) in [5.74, 6) is -0.137. The van der Waals surface area contributed by atoms with E-state index in [1.165, 1.54) is 6.92 Å². The first-order chi connectivity index (χ1) is 8.58. The fraction of sp³-hybridized carbons (Fsp3) is 0.333. The predicted octanol–water partition coefficient (Wildman–Crippen LogP) is 1.17. The largest absolute Gasteiger partial charge is 0.355 e. The van der Waals surface area contributed by atoms with E-state index in [9.17, 15) is 9.59 Å². The van der Waals surface area contributed by atoms with E-state index >= 15 is 0 Å². The summed E-state index contributed by atoms with van der Waals surface area (Å²) in [5.41, 5.74) is 1.76. The van der Waals surface area contributed by atoms with Gasteiger partial charge in [0.1, 0.15) is 6.04 Å². The third-order valence-corrected chi connectivity index (χ3v) is 3.19. The summed E-state index contributed by atoms with van der Waals surface area (Å²) in [4.78, 5) is 22.5. The Morgan fingerprint density at radius 2 is 2.22 bits per heavy atom. The van der Waals surface area contributed by atoms with Crippen LogP contribution in [0.5, 0.6) is 0 Å². The highest BCUT2D eigenvalue weighted by Gasteiger charge is 2.29. The third kappa shape index (κ3) is 2.88. The highest BCUT2D eigenvalue weighted by atomic mass is 79.9. The molecule has 1 aliphatic heterocycles. The quantitative estimate of drug-likeness (QED) is 0.731. The fourth-order valence-corrected chi connectivity index (χ4v) is 2.27. The van der Waals surface area contributed by atoms with Gasteiger partial charge in [0, 0.05) is 35.7 Å². The molecule has 1 aliphatic rings. The first kappa shape index (κ1) is 13.0. The number of fused-ring (bicyclic) bond motifs is 1. The van der Waals surface area contributed by atoms with Gasteiger partial charge in [-0.3, -0.25) is 9.59 Å². The summed E-state index contributed by atoms with van der Waals surface area (Å²) in [6, 6.07) is 5.32. The van der Waals surface area contributed by atoms with Crippen molar-refractivity contribution in [1.82, 2.24) is 10.6 Å². The summed E-state index contributed by atoms with van der Waals surface area (Å²) >= 11 is 3.39. The molecule has 2 amide bonds. The Morgan fingerprint density at radius 3 is 2.94 bits per heavy atom. The molecule has 2 rings (SSSR count). The van der Waals surface area contributed by atoms with E-state index in [4.69, 9.17) is 0 Å². The summed E-state index contributed by atoms with van der Waals surface area (Å²) in [7, 11) is 0. The third-order valence-electron chi connectivity index (χ3n) is 2.69. The average molecular weight is 312 g/mol. The van der Waals surface area contributed by atoms with Gasteiger partial charge >= 0.3 is 0 Å². The lowest BCUT2D eigenvalue weighted by atomic mass is 10.1. The van der Waals surface area contributed by atoms with Crippen molar-refractivity contribution in [3.05, 3.63) is 28.2 Å². The second kappa shape index (κ2) is 5.49. The summed E-state index contributed by atoms with van der Waals surface area (Å²) in [6.07, 6.45) is 0. The molecule has 0 spiro atoms. The Hall–Kier alpha value is -1.40. The standard InChI is InChI=1S/C12H14BrN3O2/c1-7(17)14-4-5-15-11-9-6-8(13)2-3-10(9)16-12(11)18/h2-3,6,11,15H,4-5H2,1H3,(H,14,17)(H,16,18). The number of halogens is 1. The minimum atomic E-state index is -0.355. The SMILES string of the molecule is CC(=O)NCCNC1C(=O)Nc2ccc(Br)cc21. The van der Waals surface area contributed by atoms with Crippen LogP contribution in [0.25, 0.3) is 0 Å². The number of anilines is 1. The van der Waals surface area contributed by atoms with Gasteiger partial charge in [0.2, 0.25) is 11.8 Å². The van der Waals surface area contributed by atoms with E-state index in [1.807, 2.05) is 18.2 Å². The number of rotatable bonds is 4. The molecule has 0 aromatic heterocycles.